The molecule has 0 radical (unpaired) electrons. The van der Waals surface area contributed by atoms with Crippen molar-refractivity contribution in [3.63, 3.8) is 0 Å². The van der Waals surface area contributed by atoms with Gasteiger partial charge in [0.05, 0.1) is 17.9 Å². The van der Waals surface area contributed by atoms with Gasteiger partial charge in [0.15, 0.2) is 0 Å². The molecule has 16 heavy (non-hydrogen) atoms. The van der Waals surface area contributed by atoms with Crippen molar-refractivity contribution in [2.75, 3.05) is 0 Å². The van der Waals surface area contributed by atoms with Crippen molar-refractivity contribution in [1.82, 2.24) is 4.98 Å². The molecule has 1 fully saturated rings. The lowest BCUT2D eigenvalue weighted by Crippen LogP contribution is -2.34. The van der Waals surface area contributed by atoms with Crippen LogP contribution in [0.3, 0.4) is 0 Å². The Labute approximate surface area is 103 Å². The van der Waals surface area contributed by atoms with Gasteiger partial charge in [-0.15, -0.1) is 0 Å². The molecule has 1 aromatic rings. The fraction of sp³-hybridized carbons (Fsp3) is 0.500. The van der Waals surface area contributed by atoms with Crippen molar-refractivity contribution >= 4 is 15.9 Å². The minimum Gasteiger partial charge on any atom is -0.393 e. The van der Waals surface area contributed by atoms with Crippen molar-refractivity contribution in [3.05, 3.63) is 28.5 Å². The first-order valence-corrected chi connectivity index (χ1v) is 6.17. The van der Waals surface area contributed by atoms with Gasteiger partial charge in [-0.2, -0.15) is 5.26 Å². The minimum absolute atomic E-state index is 0.376. The second-order valence-corrected chi connectivity index (χ2v) is 5.22. The number of hydrogen-bond donors (Lipinski definition) is 1. The zero-order chi connectivity index (χ0) is 11.6. The van der Waals surface area contributed by atoms with E-state index in [2.05, 4.69) is 27.0 Å². The molecule has 0 aromatic carbocycles. The second kappa shape index (κ2) is 4.52. The highest BCUT2D eigenvalue weighted by Gasteiger charge is 2.38. The Kier molecular flexibility index (Phi) is 3.27. The monoisotopic (exact) mass is 280 g/mol. The van der Waals surface area contributed by atoms with E-state index in [1.54, 1.807) is 6.20 Å². The predicted molar refractivity (Wildman–Crippen MR) is 63.7 cm³/mol. The number of aliphatic hydroxyl groups is 1. The van der Waals surface area contributed by atoms with E-state index in [4.69, 9.17) is 0 Å². The Morgan fingerprint density at radius 2 is 2.38 bits per heavy atom. The van der Waals surface area contributed by atoms with Crippen molar-refractivity contribution in [2.24, 2.45) is 0 Å². The minimum atomic E-state index is -0.599. The van der Waals surface area contributed by atoms with Crippen LogP contribution in [-0.4, -0.2) is 16.2 Å². The van der Waals surface area contributed by atoms with Crippen LogP contribution in [0.2, 0.25) is 0 Å². The summed E-state index contributed by atoms with van der Waals surface area (Å²) in [7, 11) is 0. The lowest BCUT2D eigenvalue weighted by atomic mass is 9.71. The summed E-state index contributed by atoms with van der Waals surface area (Å²) in [6.45, 7) is 0. The highest BCUT2D eigenvalue weighted by Crippen LogP contribution is 2.38. The summed E-state index contributed by atoms with van der Waals surface area (Å²) < 4.78 is 0.903. The molecular weight excluding hydrogens is 268 g/mol. The van der Waals surface area contributed by atoms with Gasteiger partial charge >= 0.3 is 0 Å². The summed E-state index contributed by atoms with van der Waals surface area (Å²) in [6, 6.07) is 6.10. The van der Waals surface area contributed by atoms with Crippen LogP contribution in [-0.2, 0) is 5.41 Å². The summed E-state index contributed by atoms with van der Waals surface area (Å²) in [5, 5.41) is 19.1. The summed E-state index contributed by atoms with van der Waals surface area (Å²) >= 11 is 3.33. The van der Waals surface area contributed by atoms with Gasteiger partial charge in [-0.1, -0.05) is 0 Å². The molecule has 0 amide bonds. The molecule has 1 aromatic heterocycles. The maximum atomic E-state index is 9.70. The fourth-order valence-corrected chi connectivity index (χ4v) is 2.53. The van der Waals surface area contributed by atoms with Gasteiger partial charge in [0.2, 0.25) is 0 Å². The summed E-state index contributed by atoms with van der Waals surface area (Å²) in [6.07, 6.45) is 4.29. The number of hydrogen-bond acceptors (Lipinski definition) is 3. The normalized spacial score (nSPS) is 29.7. The lowest BCUT2D eigenvalue weighted by Gasteiger charge is -2.32. The molecule has 0 bridgehead atoms. The molecular formula is C12H13BrN2O. The average molecular weight is 281 g/mol. The predicted octanol–water partition coefficient (Wildman–Crippen LogP) is 2.54. The van der Waals surface area contributed by atoms with Crippen LogP contribution in [0, 0.1) is 11.3 Å². The second-order valence-electron chi connectivity index (χ2n) is 4.31. The Morgan fingerprint density at radius 3 is 2.94 bits per heavy atom. The highest BCUT2D eigenvalue weighted by atomic mass is 79.9. The summed E-state index contributed by atoms with van der Waals surface area (Å²) in [5.41, 5.74) is 0.176. The van der Waals surface area contributed by atoms with Crippen LogP contribution >= 0.6 is 15.9 Å². The Hall–Kier alpha value is -0.920. The standard InChI is InChI=1S/C12H13BrN2O/c13-9-3-4-11(15-7-9)12(8-14)5-1-2-10(16)6-12/h3-4,7,10,16H,1-2,5-6H2. The first-order chi connectivity index (χ1) is 7.66. The third-order valence-electron chi connectivity index (χ3n) is 3.16. The van der Waals surface area contributed by atoms with Gasteiger partial charge < -0.3 is 5.11 Å². The molecule has 1 aliphatic carbocycles. The van der Waals surface area contributed by atoms with Crippen LogP contribution in [0.5, 0.6) is 0 Å². The molecule has 1 aliphatic rings. The van der Waals surface area contributed by atoms with E-state index in [-0.39, 0.29) is 6.10 Å². The van der Waals surface area contributed by atoms with Crippen LogP contribution in [0.1, 0.15) is 31.4 Å². The first-order valence-electron chi connectivity index (χ1n) is 5.38. The van der Waals surface area contributed by atoms with E-state index < -0.39 is 5.41 Å². The molecule has 2 rings (SSSR count). The van der Waals surface area contributed by atoms with Crippen molar-refractivity contribution in [2.45, 2.75) is 37.2 Å². The zero-order valence-corrected chi connectivity index (χ0v) is 10.4. The van der Waals surface area contributed by atoms with Crippen LogP contribution in [0.15, 0.2) is 22.8 Å². The molecule has 84 valence electrons. The Balaban J connectivity index is 2.34. The highest BCUT2D eigenvalue weighted by molar-refractivity contribution is 9.10. The molecule has 3 nitrogen and oxygen atoms in total. The molecule has 1 N–H and O–H groups in total. The van der Waals surface area contributed by atoms with E-state index in [0.717, 1.165) is 29.4 Å². The molecule has 1 heterocycles. The van der Waals surface area contributed by atoms with Gasteiger partial charge in [-0.05, 0) is 53.7 Å². The number of rotatable bonds is 1. The quantitative estimate of drug-likeness (QED) is 0.860. The molecule has 0 saturated heterocycles. The van der Waals surface area contributed by atoms with Gasteiger partial charge in [0, 0.05) is 10.7 Å². The Bertz CT molecular complexity index is 412. The van der Waals surface area contributed by atoms with E-state index in [9.17, 15) is 10.4 Å². The third-order valence-corrected chi connectivity index (χ3v) is 3.63. The number of aliphatic hydroxyl groups excluding tert-OH is 1. The zero-order valence-electron chi connectivity index (χ0n) is 8.86. The maximum Gasteiger partial charge on any atom is 0.102 e. The molecule has 4 heteroatoms. The number of nitrogens with zero attached hydrogens (tertiary/aromatic N) is 2. The van der Waals surface area contributed by atoms with Gasteiger partial charge in [0.25, 0.3) is 0 Å². The van der Waals surface area contributed by atoms with E-state index in [0.29, 0.717) is 6.42 Å². The molecule has 2 atom stereocenters. The van der Waals surface area contributed by atoms with E-state index in [1.165, 1.54) is 0 Å². The van der Waals surface area contributed by atoms with Crippen LogP contribution in [0.4, 0.5) is 0 Å². The molecule has 0 aliphatic heterocycles. The smallest absolute Gasteiger partial charge is 0.102 e. The SMILES string of the molecule is N#CC1(c2ccc(Br)cn2)CCCC(O)C1. The van der Waals surface area contributed by atoms with Crippen LogP contribution in [0.25, 0.3) is 0 Å². The van der Waals surface area contributed by atoms with E-state index >= 15 is 0 Å². The van der Waals surface area contributed by atoms with Gasteiger partial charge in [0.1, 0.15) is 5.41 Å². The van der Waals surface area contributed by atoms with Crippen molar-refractivity contribution in [1.29, 1.82) is 5.26 Å². The third kappa shape index (κ3) is 2.11. The molecule has 2 unspecified atom stereocenters. The number of pyridine rings is 1. The van der Waals surface area contributed by atoms with Crippen molar-refractivity contribution in [3.8, 4) is 6.07 Å². The Morgan fingerprint density at radius 1 is 1.56 bits per heavy atom. The van der Waals surface area contributed by atoms with Crippen molar-refractivity contribution < 1.29 is 5.11 Å². The van der Waals surface area contributed by atoms with Gasteiger partial charge in [-0.3, -0.25) is 4.98 Å². The fourth-order valence-electron chi connectivity index (χ4n) is 2.30. The van der Waals surface area contributed by atoms with Crippen LogP contribution < -0.4 is 0 Å². The summed E-state index contributed by atoms with van der Waals surface area (Å²) in [5.74, 6) is 0. The lowest BCUT2D eigenvalue weighted by molar-refractivity contribution is 0.101. The molecule has 0 spiro atoms. The molecule has 1 saturated carbocycles. The number of halogens is 1. The number of nitriles is 1. The average Bonchev–Trinajstić information content (AvgIpc) is 2.29. The maximum absolute atomic E-state index is 9.70. The van der Waals surface area contributed by atoms with E-state index in [1.807, 2.05) is 12.1 Å². The topological polar surface area (TPSA) is 56.9 Å². The largest absolute Gasteiger partial charge is 0.393 e. The number of aromatic nitrogens is 1. The van der Waals surface area contributed by atoms with Gasteiger partial charge in [-0.25, -0.2) is 0 Å². The summed E-state index contributed by atoms with van der Waals surface area (Å²) in [4.78, 5) is 4.30. The first kappa shape index (κ1) is 11.6.